The van der Waals surface area contributed by atoms with Crippen LogP contribution in [-0.4, -0.2) is 17.9 Å². The number of hydrogen-bond acceptors (Lipinski definition) is 4. The van der Waals surface area contributed by atoms with E-state index in [0.29, 0.717) is 21.8 Å². The molecular weight excluding hydrogens is 310 g/mol. The molecule has 3 N–H and O–H groups in total. The zero-order valence-corrected chi connectivity index (χ0v) is 11.8. The fourth-order valence-corrected chi connectivity index (χ4v) is 1.87. The largest absolute Gasteiger partial charge is 0.457 e. The number of ether oxygens (including phenoxy) is 1. The number of nitrogen functional groups attached to an aromatic ring is 1. The van der Waals surface area contributed by atoms with Crippen molar-refractivity contribution in [3.05, 3.63) is 46.7 Å². The van der Waals surface area contributed by atoms with E-state index in [-0.39, 0.29) is 11.6 Å². The lowest BCUT2D eigenvalue weighted by atomic mass is 10.3. The summed E-state index contributed by atoms with van der Waals surface area (Å²) in [5, 5.41) is 2.51. The second kappa shape index (κ2) is 5.71. The van der Waals surface area contributed by atoms with Crippen molar-refractivity contribution in [3.8, 4) is 11.5 Å². The number of nitrogens with zero attached hydrogens (tertiary/aromatic N) is 1. The summed E-state index contributed by atoms with van der Waals surface area (Å²) in [5.41, 5.74) is 6.54. The molecule has 0 saturated carbocycles. The van der Waals surface area contributed by atoms with E-state index in [4.69, 9.17) is 10.5 Å². The first-order valence-electron chi connectivity index (χ1n) is 5.51. The molecule has 6 heteroatoms. The summed E-state index contributed by atoms with van der Waals surface area (Å²) in [6, 6.07) is 10.2. The molecule has 0 bridgehead atoms. The summed E-state index contributed by atoms with van der Waals surface area (Å²) in [4.78, 5) is 15.6. The van der Waals surface area contributed by atoms with Crippen LogP contribution in [0.1, 0.15) is 10.5 Å². The van der Waals surface area contributed by atoms with Gasteiger partial charge >= 0.3 is 0 Å². The highest BCUT2D eigenvalue weighted by Crippen LogP contribution is 2.25. The zero-order chi connectivity index (χ0) is 13.8. The number of benzene rings is 1. The van der Waals surface area contributed by atoms with Gasteiger partial charge in [-0.3, -0.25) is 4.79 Å². The van der Waals surface area contributed by atoms with Gasteiger partial charge in [-0.1, -0.05) is 0 Å². The van der Waals surface area contributed by atoms with Crippen LogP contribution in [0.4, 0.5) is 5.69 Å². The summed E-state index contributed by atoms with van der Waals surface area (Å²) < 4.78 is 6.17. The highest BCUT2D eigenvalue weighted by molar-refractivity contribution is 9.10. The molecule has 1 aromatic carbocycles. The van der Waals surface area contributed by atoms with Crippen LogP contribution in [0.15, 0.2) is 41.0 Å². The number of nitrogens with one attached hydrogen (secondary N) is 1. The molecule has 0 saturated heterocycles. The van der Waals surface area contributed by atoms with Crippen LogP contribution in [0.3, 0.4) is 0 Å². The monoisotopic (exact) mass is 321 g/mol. The molecule has 0 radical (unpaired) electrons. The maximum atomic E-state index is 11.5. The van der Waals surface area contributed by atoms with Crippen molar-refractivity contribution in [1.29, 1.82) is 0 Å². The molecule has 0 spiro atoms. The highest BCUT2D eigenvalue weighted by atomic mass is 79.9. The molecular formula is C13H12BrN3O2. The van der Waals surface area contributed by atoms with Gasteiger partial charge in [-0.25, -0.2) is 4.98 Å². The van der Waals surface area contributed by atoms with Crippen molar-refractivity contribution in [3.63, 3.8) is 0 Å². The lowest BCUT2D eigenvalue weighted by molar-refractivity contribution is 0.0957. The van der Waals surface area contributed by atoms with Crippen molar-refractivity contribution in [1.82, 2.24) is 10.3 Å². The standard InChI is InChI=1S/C13H12BrN3O2/c1-16-13(18)11-6-10(7-12(14)17-11)19-9-4-2-8(15)3-5-9/h2-7H,15H2,1H3,(H,16,18). The fraction of sp³-hybridized carbons (Fsp3) is 0.0769. The summed E-state index contributed by atoms with van der Waals surface area (Å²) >= 11 is 3.24. The normalized spacial score (nSPS) is 10.0. The van der Waals surface area contributed by atoms with E-state index in [1.54, 1.807) is 43.4 Å². The third-order valence-corrected chi connectivity index (χ3v) is 2.75. The Morgan fingerprint density at radius 3 is 2.58 bits per heavy atom. The van der Waals surface area contributed by atoms with Gasteiger partial charge in [0.15, 0.2) is 0 Å². The molecule has 1 amide bonds. The molecule has 2 aromatic rings. The first-order valence-corrected chi connectivity index (χ1v) is 6.31. The van der Waals surface area contributed by atoms with Crippen molar-refractivity contribution in [2.45, 2.75) is 0 Å². The number of hydrogen-bond donors (Lipinski definition) is 2. The van der Waals surface area contributed by atoms with Crippen LogP contribution in [0, 0.1) is 0 Å². The first-order chi connectivity index (χ1) is 9.08. The summed E-state index contributed by atoms with van der Waals surface area (Å²) in [6.45, 7) is 0. The minimum absolute atomic E-state index is 0.275. The zero-order valence-electron chi connectivity index (χ0n) is 10.2. The average molecular weight is 322 g/mol. The van der Waals surface area contributed by atoms with E-state index in [9.17, 15) is 4.79 Å². The maximum absolute atomic E-state index is 11.5. The number of carbonyl (C=O) groups excluding carboxylic acids is 1. The van der Waals surface area contributed by atoms with Crippen LogP contribution in [0.2, 0.25) is 0 Å². The Morgan fingerprint density at radius 1 is 1.26 bits per heavy atom. The third kappa shape index (κ3) is 3.45. The fourth-order valence-electron chi connectivity index (χ4n) is 1.45. The molecule has 1 heterocycles. The highest BCUT2D eigenvalue weighted by Gasteiger charge is 2.09. The Balaban J connectivity index is 2.27. The van der Waals surface area contributed by atoms with Crippen LogP contribution in [-0.2, 0) is 0 Å². The van der Waals surface area contributed by atoms with Gasteiger partial charge in [-0.15, -0.1) is 0 Å². The van der Waals surface area contributed by atoms with E-state index >= 15 is 0 Å². The van der Waals surface area contributed by atoms with Crippen molar-refractivity contribution >= 4 is 27.5 Å². The van der Waals surface area contributed by atoms with Crippen LogP contribution in [0.25, 0.3) is 0 Å². The molecule has 0 aliphatic carbocycles. The summed E-state index contributed by atoms with van der Waals surface area (Å²) in [7, 11) is 1.55. The predicted molar refractivity (Wildman–Crippen MR) is 76.3 cm³/mol. The molecule has 2 rings (SSSR count). The van der Waals surface area contributed by atoms with E-state index in [1.165, 1.54) is 0 Å². The maximum Gasteiger partial charge on any atom is 0.269 e. The Kier molecular flexibility index (Phi) is 4.01. The number of halogens is 1. The lowest BCUT2D eigenvalue weighted by Crippen LogP contribution is -2.19. The number of pyridine rings is 1. The number of aromatic nitrogens is 1. The minimum Gasteiger partial charge on any atom is -0.457 e. The number of rotatable bonds is 3. The number of carbonyl (C=O) groups is 1. The van der Waals surface area contributed by atoms with Crippen molar-refractivity contribution in [2.75, 3.05) is 12.8 Å². The number of amides is 1. The van der Waals surface area contributed by atoms with Crippen LogP contribution >= 0.6 is 15.9 Å². The van der Waals surface area contributed by atoms with Gasteiger partial charge in [0.25, 0.3) is 5.91 Å². The van der Waals surface area contributed by atoms with Gasteiger partial charge in [-0.05, 0) is 40.2 Å². The first kappa shape index (κ1) is 13.4. The summed E-state index contributed by atoms with van der Waals surface area (Å²) in [6.07, 6.45) is 0. The Bertz CT molecular complexity index is 599. The van der Waals surface area contributed by atoms with E-state index in [0.717, 1.165) is 0 Å². The van der Waals surface area contributed by atoms with E-state index in [1.807, 2.05) is 0 Å². The molecule has 1 aromatic heterocycles. The molecule has 5 nitrogen and oxygen atoms in total. The number of nitrogens with two attached hydrogens (primary N) is 1. The lowest BCUT2D eigenvalue weighted by Gasteiger charge is -2.08. The topological polar surface area (TPSA) is 77.2 Å². The quantitative estimate of drug-likeness (QED) is 0.672. The van der Waals surface area contributed by atoms with Crippen molar-refractivity contribution < 1.29 is 9.53 Å². The average Bonchev–Trinajstić information content (AvgIpc) is 2.40. The predicted octanol–water partition coefficient (Wildman–Crippen LogP) is 2.58. The minimum atomic E-state index is -0.275. The smallest absolute Gasteiger partial charge is 0.269 e. The van der Waals surface area contributed by atoms with Gasteiger partial charge in [0.05, 0.1) is 0 Å². The molecule has 98 valence electrons. The molecule has 0 unspecified atom stereocenters. The SMILES string of the molecule is CNC(=O)c1cc(Oc2ccc(N)cc2)cc(Br)n1. The molecule has 19 heavy (non-hydrogen) atoms. The van der Waals surface area contributed by atoms with E-state index < -0.39 is 0 Å². The van der Waals surface area contributed by atoms with Gasteiger partial charge in [-0.2, -0.15) is 0 Å². The van der Waals surface area contributed by atoms with Gasteiger partial charge in [0, 0.05) is 24.9 Å². The Morgan fingerprint density at radius 2 is 1.95 bits per heavy atom. The Labute approximate surface area is 118 Å². The molecule has 0 aliphatic rings. The molecule has 0 fully saturated rings. The van der Waals surface area contributed by atoms with Gasteiger partial charge in [0.2, 0.25) is 0 Å². The van der Waals surface area contributed by atoms with Crippen LogP contribution < -0.4 is 15.8 Å². The third-order valence-electron chi connectivity index (χ3n) is 2.34. The van der Waals surface area contributed by atoms with Crippen molar-refractivity contribution in [2.24, 2.45) is 0 Å². The summed E-state index contributed by atoms with van der Waals surface area (Å²) in [5.74, 6) is 0.879. The molecule has 0 atom stereocenters. The van der Waals surface area contributed by atoms with Gasteiger partial charge in [0.1, 0.15) is 21.8 Å². The van der Waals surface area contributed by atoms with E-state index in [2.05, 4.69) is 26.2 Å². The van der Waals surface area contributed by atoms with Crippen LogP contribution in [0.5, 0.6) is 11.5 Å². The Hall–Kier alpha value is -2.08. The number of anilines is 1. The second-order valence-corrected chi connectivity index (χ2v) is 4.57. The van der Waals surface area contributed by atoms with Gasteiger partial charge < -0.3 is 15.8 Å². The second-order valence-electron chi connectivity index (χ2n) is 3.76. The molecule has 0 aliphatic heterocycles.